The van der Waals surface area contributed by atoms with Crippen molar-refractivity contribution in [3.05, 3.63) is 54.1 Å². The molecule has 0 bridgehead atoms. The zero-order chi connectivity index (χ0) is 14.4. The molecule has 0 spiro atoms. The molecule has 0 N–H and O–H groups in total. The molecule has 2 rings (SSSR count). The van der Waals surface area contributed by atoms with Crippen LogP contribution in [0.4, 0.5) is 0 Å². The number of methoxy groups -OCH3 is 1. The van der Waals surface area contributed by atoms with E-state index >= 15 is 0 Å². The molecule has 0 amide bonds. The van der Waals surface area contributed by atoms with Crippen LogP contribution in [0.2, 0.25) is 0 Å². The second kappa shape index (κ2) is 6.52. The summed E-state index contributed by atoms with van der Waals surface area (Å²) in [5.41, 5.74) is 0.509. The van der Waals surface area contributed by atoms with E-state index in [-0.39, 0.29) is 6.61 Å². The largest absolute Gasteiger partial charge is 0.489 e. The van der Waals surface area contributed by atoms with Gasteiger partial charge in [-0.15, -0.1) is 0 Å². The Labute approximate surface area is 116 Å². The average Bonchev–Trinajstić information content (AvgIpc) is 2.50. The van der Waals surface area contributed by atoms with E-state index in [2.05, 4.69) is 4.74 Å². The fourth-order valence-corrected chi connectivity index (χ4v) is 1.87. The van der Waals surface area contributed by atoms with Gasteiger partial charge in [0.1, 0.15) is 12.4 Å². The van der Waals surface area contributed by atoms with Gasteiger partial charge in [-0.1, -0.05) is 30.3 Å². The van der Waals surface area contributed by atoms with Crippen LogP contribution in [-0.2, 0) is 9.53 Å². The molecule has 0 aliphatic carbocycles. The van der Waals surface area contributed by atoms with Crippen LogP contribution in [0, 0.1) is 0 Å². The van der Waals surface area contributed by atoms with E-state index in [0.29, 0.717) is 11.3 Å². The maximum atomic E-state index is 11.3. The first kappa shape index (κ1) is 13.8. The molecule has 0 saturated carbocycles. The Kier molecular flexibility index (Phi) is 4.50. The third-order valence-electron chi connectivity index (χ3n) is 2.84. The van der Waals surface area contributed by atoms with Gasteiger partial charge in [-0.2, -0.15) is 0 Å². The highest BCUT2D eigenvalue weighted by atomic mass is 16.5. The Hall–Kier alpha value is -2.62. The summed E-state index contributed by atoms with van der Waals surface area (Å²) < 4.78 is 9.97. The number of carbonyl (C=O) groups is 2. The molecule has 0 saturated heterocycles. The second-order valence-electron chi connectivity index (χ2n) is 4.05. The minimum Gasteiger partial charge on any atom is -0.489 e. The van der Waals surface area contributed by atoms with E-state index < -0.39 is 5.97 Å². The molecule has 20 heavy (non-hydrogen) atoms. The third-order valence-corrected chi connectivity index (χ3v) is 2.84. The first-order chi connectivity index (χ1) is 9.76. The molecular formula is C16H14O4. The van der Waals surface area contributed by atoms with Crippen molar-refractivity contribution >= 4 is 23.0 Å². The highest BCUT2D eigenvalue weighted by molar-refractivity contribution is 6.00. The predicted molar refractivity (Wildman–Crippen MR) is 76.0 cm³/mol. The van der Waals surface area contributed by atoms with E-state index in [1.165, 1.54) is 19.3 Å². The van der Waals surface area contributed by atoms with Crippen LogP contribution in [0.5, 0.6) is 5.75 Å². The van der Waals surface area contributed by atoms with E-state index in [0.717, 1.165) is 17.1 Å². The summed E-state index contributed by atoms with van der Waals surface area (Å²) in [7, 11) is 1.31. The van der Waals surface area contributed by atoms with Crippen molar-refractivity contribution < 1.29 is 19.1 Å². The first-order valence-corrected chi connectivity index (χ1v) is 6.10. The Morgan fingerprint density at radius 2 is 2.00 bits per heavy atom. The molecule has 0 aliphatic heterocycles. The van der Waals surface area contributed by atoms with Gasteiger partial charge >= 0.3 is 5.97 Å². The predicted octanol–water partition coefficient (Wildman–Crippen LogP) is 2.76. The number of carbonyl (C=O) groups excluding carboxylic acids is 2. The normalized spacial score (nSPS) is 10.7. The number of ether oxygens (including phenoxy) is 2. The quantitative estimate of drug-likeness (QED) is 0.476. The van der Waals surface area contributed by atoms with Crippen molar-refractivity contribution in [2.24, 2.45) is 0 Å². The lowest BCUT2D eigenvalue weighted by Gasteiger charge is -2.09. The summed E-state index contributed by atoms with van der Waals surface area (Å²) in [5, 5.41) is 1.82. The van der Waals surface area contributed by atoms with Crippen molar-refractivity contribution in [1.29, 1.82) is 0 Å². The van der Waals surface area contributed by atoms with Crippen molar-refractivity contribution in [2.45, 2.75) is 0 Å². The van der Waals surface area contributed by atoms with E-state index in [4.69, 9.17) is 4.74 Å². The van der Waals surface area contributed by atoms with Crippen molar-refractivity contribution in [1.82, 2.24) is 0 Å². The Morgan fingerprint density at radius 1 is 1.20 bits per heavy atom. The second-order valence-corrected chi connectivity index (χ2v) is 4.05. The summed E-state index contributed by atoms with van der Waals surface area (Å²) in [6.45, 7) is 0.189. The van der Waals surface area contributed by atoms with Gasteiger partial charge in [0.25, 0.3) is 0 Å². The Morgan fingerprint density at radius 3 is 2.75 bits per heavy atom. The number of aldehydes is 1. The maximum Gasteiger partial charge on any atom is 0.330 e. The van der Waals surface area contributed by atoms with Crippen LogP contribution >= 0.6 is 0 Å². The molecule has 2 aromatic carbocycles. The highest BCUT2D eigenvalue weighted by Gasteiger charge is 2.07. The number of benzene rings is 2. The van der Waals surface area contributed by atoms with Crippen LogP contribution in [-0.4, -0.2) is 26.0 Å². The topological polar surface area (TPSA) is 52.6 Å². The fraction of sp³-hybridized carbons (Fsp3) is 0.125. The molecule has 4 heteroatoms. The van der Waals surface area contributed by atoms with E-state index in [1.807, 2.05) is 30.3 Å². The molecule has 0 unspecified atom stereocenters. The lowest BCUT2D eigenvalue weighted by Crippen LogP contribution is -2.00. The maximum absolute atomic E-state index is 11.3. The number of hydrogen-bond donors (Lipinski definition) is 0. The van der Waals surface area contributed by atoms with Gasteiger partial charge in [0.2, 0.25) is 0 Å². The lowest BCUT2D eigenvalue weighted by atomic mass is 10.0. The summed E-state index contributed by atoms with van der Waals surface area (Å²) in [6.07, 6.45) is 3.60. The monoisotopic (exact) mass is 270 g/mol. The van der Waals surface area contributed by atoms with Crippen LogP contribution in [0.15, 0.2) is 48.6 Å². The summed E-state index contributed by atoms with van der Waals surface area (Å²) in [5.74, 6) is 0.0518. The fourth-order valence-electron chi connectivity index (χ4n) is 1.87. The standard InChI is InChI=1S/C16H14O4/c1-19-16(18)7-4-10-20-15-9-8-12-5-2-3-6-13(12)14(15)11-17/h2-9,11H,10H2,1H3/b7-4+. The van der Waals surface area contributed by atoms with E-state index in [1.54, 1.807) is 6.07 Å². The molecular weight excluding hydrogens is 256 g/mol. The van der Waals surface area contributed by atoms with Crippen LogP contribution in [0.1, 0.15) is 10.4 Å². The SMILES string of the molecule is COC(=O)/C=C/COc1ccc2ccccc2c1C=O. The van der Waals surface area contributed by atoms with Crippen LogP contribution in [0.3, 0.4) is 0 Å². The molecule has 0 radical (unpaired) electrons. The van der Waals surface area contributed by atoms with Gasteiger partial charge in [0.05, 0.1) is 12.7 Å². The van der Waals surface area contributed by atoms with Gasteiger partial charge in [-0.25, -0.2) is 4.79 Å². The van der Waals surface area contributed by atoms with E-state index in [9.17, 15) is 9.59 Å². The first-order valence-electron chi connectivity index (χ1n) is 6.10. The van der Waals surface area contributed by atoms with Crippen molar-refractivity contribution in [3.63, 3.8) is 0 Å². The minimum absolute atomic E-state index is 0.189. The van der Waals surface area contributed by atoms with Crippen molar-refractivity contribution in [2.75, 3.05) is 13.7 Å². The molecule has 0 aliphatic rings. The molecule has 0 fully saturated rings. The molecule has 0 atom stereocenters. The summed E-state index contributed by atoms with van der Waals surface area (Å²) >= 11 is 0. The third kappa shape index (κ3) is 3.03. The van der Waals surface area contributed by atoms with Gasteiger partial charge in [0.15, 0.2) is 6.29 Å². The number of esters is 1. The van der Waals surface area contributed by atoms with Crippen molar-refractivity contribution in [3.8, 4) is 5.75 Å². The minimum atomic E-state index is -0.442. The highest BCUT2D eigenvalue weighted by Crippen LogP contribution is 2.26. The Bertz CT molecular complexity index is 659. The molecule has 0 heterocycles. The molecule has 4 nitrogen and oxygen atoms in total. The average molecular weight is 270 g/mol. The Balaban J connectivity index is 2.20. The number of hydrogen-bond acceptors (Lipinski definition) is 4. The molecule has 0 aromatic heterocycles. The van der Waals surface area contributed by atoms with Gasteiger partial charge < -0.3 is 9.47 Å². The lowest BCUT2D eigenvalue weighted by molar-refractivity contribution is -0.134. The molecule has 102 valence electrons. The van der Waals surface area contributed by atoms with Crippen LogP contribution < -0.4 is 4.74 Å². The zero-order valence-electron chi connectivity index (χ0n) is 11.0. The zero-order valence-corrected chi connectivity index (χ0v) is 11.0. The van der Waals surface area contributed by atoms with Crippen LogP contribution in [0.25, 0.3) is 10.8 Å². The smallest absolute Gasteiger partial charge is 0.330 e. The van der Waals surface area contributed by atoms with Gasteiger partial charge in [0, 0.05) is 6.08 Å². The number of fused-ring (bicyclic) bond motifs is 1. The number of rotatable bonds is 5. The summed E-state index contributed by atoms with van der Waals surface area (Å²) in [6, 6.07) is 11.2. The van der Waals surface area contributed by atoms with Gasteiger partial charge in [-0.05, 0) is 22.9 Å². The molecule has 2 aromatic rings. The van der Waals surface area contributed by atoms with Gasteiger partial charge in [-0.3, -0.25) is 4.79 Å². The summed E-state index contributed by atoms with van der Waals surface area (Å²) in [4.78, 5) is 22.2.